The van der Waals surface area contributed by atoms with Crippen molar-refractivity contribution < 1.29 is 9.90 Å². The number of pyridine rings is 1. The first-order chi connectivity index (χ1) is 11.1. The summed E-state index contributed by atoms with van der Waals surface area (Å²) in [6.07, 6.45) is 1.44. The number of nitrogens with one attached hydrogen (secondary N) is 1. The molecule has 0 saturated carbocycles. The Morgan fingerprint density at radius 3 is 2.70 bits per heavy atom. The van der Waals surface area contributed by atoms with Gasteiger partial charge in [-0.2, -0.15) is 5.10 Å². The van der Waals surface area contributed by atoms with E-state index in [9.17, 15) is 14.7 Å². The fourth-order valence-corrected chi connectivity index (χ4v) is 2.31. The summed E-state index contributed by atoms with van der Waals surface area (Å²) >= 11 is 0. The fourth-order valence-electron chi connectivity index (χ4n) is 2.31. The molecule has 0 radical (unpaired) electrons. The van der Waals surface area contributed by atoms with Crippen LogP contribution in [-0.2, 0) is 11.3 Å². The van der Waals surface area contributed by atoms with Crippen molar-refractivity contribution >= 4 is 22.5 Å². The fraction of sp³-hybridized carbons (Fsp3) is 0.125. The van der Waals surface area contributed by atoms with Crippen LogP contribution in [0.1, 0.15) is 5.69 Å². The number of carbonyl (C=O) groups excluding carboxylic acids is 1. The number of nitrogens with zero attached hydrogens (tertiary/aromatic N) is 3. The quantitative estimate of drug-likeness (QED) is 0.763. The molecule has 0 fully saturated rings. The van der Waals surface area contributed by atoms with E-state index < -0.39 is 5.91 Å². The molecule has 0 aliphatic carbocycles. The summed E-state index contributed by atoms with van der Waals surface area (Å²) in [6.45, 7) is 1.52. The molecule has 0 unspecified atom stereocenters. The third-order valence-electron chi connectivity index (χ3n) is 3.39. The number of fused-ring (bicyclic) bond motifs is 1. The molecule has 23 heavy (non-hydrogen) atoms. The Morgan fingerprint density at radius 1 is 1.22 bits per heavy atom. The van der Waals surface area contributed by atoms with E-state index in [-0.39, 0.29) is 23.7 Å². The molecule has 2 aromatic heterocycles. The van der Waals surface area contributed by atoms with Crippen molar-refractivity contribution in [3.8, 4) is 5.75 Å². The zero-order valence-corrected chi connectivity index (χ0v) is 12.4. The van der Waals surface area contributed by atoms with Gasteiger partial charge in [-0.25, -0.2) is 9.67 Å². The van der Waals surface area contributed by atoms with Crippen LogP contribution in [0, 0.1) is 6.92 Å². The first-order valence-corrected chi connectivity index (χ1v) is 6.96. The Labute approximate surface area is 131 Å². The standard InChI is InChI=1S/C16H14N4O3/c1-10-11-5-2-3-6-12(11)16(23)20(19-10)9-14(22)18-15-13(21)7-4-8-17-15/h2-8,21H,9H2,1H3,(H,17,18,22). The number of rotatable bonds is 3. The maximum Gasteiger partial charge on any atom is 0.275 e. The highest BCUT2D eigenvalue weighted by Crippen LogP contribution is 2.18. The van der Waals surface area contributed by atoms with E-state index in [2.05, 4.69) is 15.4 Å². The van der Waals surface area contributed by atoms with E-state index in [0.29, 0.717) is 11.1 Å². The Kier molecular flexibility index (Phi) is 3.76. The molecule has 2 heterocycles. The number of amides is 1. The lowest BCUT2D eigenvalue weighted by molar-refractivity contribution is -0.117. The van der Waals surface area contributed by atoms with Crippen LogP contribution in [-0.4, -0.2) is 25.8 Å². The molecule has 1 amide bonds. The highest BCUT2D eigenvalue weighted by atomic mass is 16.3. The second-order valence-corrected chi connectivity index (χ2v) is 5.01. The highest BCUT2D eigenvalue weighted by molar-refractivity contribution is 5.91. The molecular weight excluding hydrogens is 296 g/mol. The van der Waals surface area contributed by atoms with Crippen LogP contribution in [0.3, 0.4) is 0 Å². The van der Waals surface area contributed by atoms with Crippen LogP contribution in [0.2, 0.25) is 0 Å². The molecule has 0 atom stereocenters. The second kappa shape index (κ2) is 5.88. The highest BCUT2D eigenvalue weighted by Gasteiger charge is 2.12. The number of benzene rings is 1. The Bertz CT molecular complexity index is 949. The molecule has 3 rings (SSSR count). The Balaban J connectivity index is 1.90. The van der Waals surface area contributed by atoms with Gasteiger partial charge in [0.05, 0.1) is 11.1 Å². The second-order valence-electron chi connectivity index (χ2n) is 5.01. The number of aryl methyl sites for hydroxylation is 1. The van der Waals surface area contributed by atoms with Crippen molar-refractivity contribution in [3.63, 3.8) is 0 Å². The molecule has 0 aliphatic heterocycles. The molecular formula is C16H14N4O3. The van der Waals surface area contributed by atoms with Crippen LogP contribution in [0.4, 0.5) is 5.82 Å². The van der Waals surface area contributed by atoms with Gasteiger partial charge in [0, 0.05) is 11.6 Å². The average molecular weight is 310 g/mol. The zero-order chi connectivity index (χ0) is 16.4. The Morgan fingerprint density at radius 2 is 1.96 bits per heavy atom. The summed E-state index contributed by atoms with van der Waals surface area (Å²) < 4.78 is 1.10. The monoisotopic (exact) mass is 310 g/mol. The van der Waals surface area contributed by atoms with Gasteiger partial charge >= 0.3 is 0 Å². The van der Waals surface area contributed by atoms with Crippen molar-refractivity contribution in [3.05, 3.63) is 58.6 Å². The number of hydrogen-bond acceptors (Lipinski definition) is 5. The summed E-state index contributed by atoms with van der Waals surface area (Å²) in [4.78, 5) is 28.3. The van der Waals surface area contributed by atoms with Gasteiger partial charge in [-0.1, -0.05) is 18.2 Å². The maximum atomic E-state index is 12.4. The summed E-state index contributed by atoms with van der Waals surface area (Å²) in [6, 6.07) is 10.1. The molecule has 0 bridgehead atoms. The lowest BCUT2D eigenvalue weighted by Crippen LogP contribution is -2.30. The predicted molar refractivity (Wildman–Crippen MR) is 85.3 cm³/mol. The van der Waals surface area contributed by atoms with E-state index in [1.807, 2.05) is 12.1 Å². The molecule has 0 spiro atoms. The molecule has 0 saturated heterocycles. The normalized spacial score (nSPS) is 10.7. The van der Waals surface area contributed by atoms with Crippen LogP contribution >= 0.6 is 0 Å². The van der Waals surface area contributed by atoms with Gasteiger partial charge in [-0.3, -0.25) is 9.59 Å². The summed E-state index contributed by atoms with van der Waals surface area (Å²) in [7, 11) is 0. The van der Waals surface area contributed by atoms with Crippen LogP contribution in [0.5, 0.6) is 5.75 Å². The van der Waals surface area contributed by atoms with Gasteiger partial charge in [0.15, 0.2) is 11.6 Å². The summed E-state index contributed by atoms with van der Waals surface area (Å²) in [5, 5.41) is 17.5. The SMILES string of the molecule is Cc1nn(CC(=O)Nc2ncccc2O)c(=O)c2ccccc12. The average Bonchev–Trinajstić information content (AvgIpc) is 2.54. The van der Waals surface area contributed by atoms with Gasteiger partial charge in [0.1, 0.15) is 6.54 Å². The molecule has 7 nitrogen and oxygen atoms in total. The van der Waals surface area contributed by atoms with Gasteiger partial charge in [0.25, 0.3) is 5.56 Å². The lowest BCUT2D eigenvalue weighted by Gasteiger charge is -2.09. The van der Waals surface area contributed by atoms with Crippen molar-refractivity contribution in [2.75, 3.05) is 5.32 Å². The van der Waals surface area contributed by atoms with Gasteiger partial charge in [0.2, 0.25) is 5.91 Å². The van der Waals surface area contributed by atoms with Crippen LogP contribution in [0.25, 0.3) is 10.8 Å². The summed E-state index contributed by atoms with van der Waals surface area (Å²) in [5.74, 6) is -0.595. The predicted octanol–water partition coefficient (Wildman–Crippen LogP) is 1.44. The first kappa shape index (κ1) is 14.7. The molecule has 2 N–H and O–H groups in total. The minimum atomic E-state index is -0.497. The summed E-state index contributed by atoms with van der Waals surface area (Å²) in [5.41, 5.74) is 0.320. The van der Waals surface area contributed by atoms with Crippen molar-refractivity contribution in [2.24, 2.45) is 0 Å². The van der Waals surface area contributed by atoms with Gasteiger partial charge < -0.3 is 10.4 Å². The van der Waals surface area contributed by atoms with E-state index in [1.165, 1.54) is 12.3 Å². The first-order valence-electron chi connectivity index (χ1n) is 6.96. The minimum Gasteiger partial charge on any atom is -0.504 e. The number of anilines is 1. The number of aromatic hydroxyl groups is 1. The van der Waals surface area contributed by atoms with Gasteiger partial charge in [-0.05, 0) is 25.1 Å². The molecule has 0 aliphatic rings. The van der Waals surface area contributed by atoms with Gasteiger partial charge in [-0.15, -0.1) is 0 Å². The van der Waals surface area contributed by atoms with E-state index in [0.717, 1.165) is 10.1 Å². The van der Waals surface area contributed by atoms with E-state index >= 15 is 0 Å². The molecule has 116 valence electrons. The molecule has 3 aromatic rings. The molecule has 7 heteroatoms. The van der Waals surface area contributed by atoms with Crippen LogP contribution in [0.15, 0.2) is 47.4 Å². The number of aromatic nitrogens is 3. The molecule has 1 aromatic carbocycles. The number of hydrogen-bond donors (Lipinski definition) is 2. The third-order valence-corrected chi connectivity index (χ3v) is 3.39. The zero-order valence-electron chi connectivity index (χ0n) is 12.4. The maximum absolute atomic E-state index is 12.4. The largest absolute Gasteiger partial charge is 0.504 e. The third kappa shape index (κ3) is 2.89. The van der Waals surface area contributed by atoms with Crippen molar-refractivity contribution in [1.82, 2.24) is 14.8 Å². The Hall–Kier alpha value is -3.22. The minimum absolute atomic E-state index is 0.0445. The van der Waals surface area contributed by atoms with Crippen molar-refractivity contribution in [1.29, 1.82) is 0 Å². The lowest BCUT2D eigenvalue weighted by atomic mass is 10.1. The topological polar surface area (TPSA) is 97.1 Å². The number of carbonyl (C=O) groups is 1. The van der Waals surface area contributed by atoms with E-state index in [1.54, 1.807) is 25.1 Å². The van der Waals surface area contributed by atoms with E-state index in [4.69, 9.17) is 0 Å². The smallest absolute Gasteiger partial charge is 0.275 e. The van der Waals surface area contributed by atoms with Crippen molar-refractivity contribution in [2.45, 2.75) is 13.5 Å². The van der Waals surface area contributed by atoms with Crippen LogP contribution < -0.4 is 10.9 Å².